The van der Waals surface area contributed by atoms with Crippen LogP contribution in [0.3, 0.4) is 0 Å². The molecule has 126 valence electrons. The van der Waals surface area contributed by atoms with Gasteiger partial charge in [0.2, 0.25) is 5.41 Å². The van der Waals surface area contributed by atoms with Gasteiger partial charge in [-0.25, -0.2) is 4.39 Å². The second kappa shape index (κ2) is 5.74. The van der Waals surface area contributed by atoms with Crippen LogP contribution >= 0.6 is 0 Å². The van der Waals surface area contributed by atoms with E-state index < -0.39 is 57.4 Å². The van der Waals surface area contributed by atoms with Crippen LogP contribution in [0.1, 0.15) is 12.8 Å². The van der Waals surface area contributed by atoms with Gasteiger partial charge < -0.3 is 13.7 Å². The molecule has 1 aliphatic carbocycles. The standard InChI is InChI=1S/C10H10F4O7S/c1-19-7(15)9(8(16)20-2)4-3-5(6(9)11)21-22(17,18)10(12,13)14/h3-4H2,1-2H3. The first-order valence-corrected chi connectivity index (χ1v) is 6.91. The molecule has 0 bridgehead atoms. The topological polar surface area (TPSA) is 96.0 Å². The highest BCUT2D eigenvalue weighted by atomic mass is 32.2. The molecule has 0 spiro atoms. The Labute approximate surface area is 121 Å². The monoisotopic (exact) mass is 350 g/mol. The largest absolute Gasteiger partial charge is 0.534 e. The first-order valence-electron chi connectivity index (χ1n) is 5.50. The summed E-state index contributed by atoms with van der Waals surface area (Å²) in [6, 6.07) is 0. The summed E-state index contributed by atoms with van der Waals surface area (Å²) in [5, 5.41) is 0. The number of hydrogen-bond acceptors (Lipinski definition) is 7. The molecule has 0 aromatic carbocycles. The molecule has 1 rings (SSSR count). The van der Waals surface area contributed by atoms with Crippen LogP contribution in [-0.2, 0) is 33.4 Å². The number of alkyl halides is 3. The van der Waals surface area contributed by atoms with Crippen molar-refractivity contribution < 1.29 is 49.2 Å². The molecule has 22 heavy (non-hydrogen) atoms. The average Bonchev–Trinajstić information content (AvgIpc) is 2.74. The van der Waals surface area contributed by atoms with E-state index in [2.05, 4.69) is 13.7 Å². The second-order valence-electron chi connectivity index (χ2n) is 4.11. The van der Waals surface area contributed by atoms with Gasteiger partial charge in [-0.2, -0.15) is 21.6 Å². The maximum Gasteiger partial charge on any atom is 0.534 e. The fourth-order valence-electron chi connectivity index (χ4n) is 1.83. The molecule has 12 heteroatoms. The third-order valence-corrected chi connectivity index (χ3v) is 3.90. The van der Waals surface area contributed by atoms with Crippen LogP contribution in [0.15, 0.2) is 11.6 Å². The predicted molar refractivity (Wildman–Crippen MR) is 59.9 cm³/mol. The van der Waals surface area contributed by atoms with Crippen LogP contribution in [0.4, 0.5) is 17.6 Å². The molecule has 0 aromatic heterocycles. The van der Waals surface area contributed by atoms with Gasteiger partial charge in [-0.1, -0.05) is 0 Å². The summed E-state index contributed by atoms with van der Waals surface area (Å²) >= 11 is 0. The molecule has 0 saturated carbocycles. The Bertz CT molecular complexity index is 604. The molecule has 0 atom stereocenters. The fourth-order valence-corrected chi connectivity index (χ4v) is 2.35. The van der Waals surface area contributed by atoms with E-state index >= 15 is 0 Å². The van der Waals surface area contributed by atoms with E-state index in [0.717, 1.165) is 14.2 Å². The number of esters is 2. The summed E-state index contributed by atoms with van der Waals surface area (Å²) in [5.74, 6) is -5.98. The fraction of sp³-hybridized carbons (Fsp3) is 0.600. The Morgan fingerprint density at radius 3 is 1.95 bits per heavy atom. The Kier molecular flexibility index (Phi) is 4.75. The van der Waals surface area contributed by atoms with Crippen molar-refractivity contribution >= 4 is 22.1 Å². The summed E-state index contributed by atoms with van der Waals surface area (Å²) in [7, 11) is -4.51. The van der Waals surface area contributed by atoms with Gasteiger partial charge in [0.1, 0.15) is 0 Å². The highest BCUT2D eigenvalue weighted by Gasteiger charge is 2.59. The molecular formula is C10H10F4O7S. The van der Waals surface area contributed by atoms with Gasteiger partial charge in [-0.15, -0.1) is 0 Å². The van der Waals surface area contributed by atoms with Crippen LogP contribution in [0.25, 0.3) is 0 Å². The zero-order valence-corrected chi connectivity index (χ0v) is 12.0. The summed E-state index contributed by atoms with van der Waals surface area (Å²) in [6.45, 7) is 0. The zero-order chi connectivity index (χ0) is 17.3. The summed E-state index contributed by atoms with van der Waals surface area (Å²) in [6.07, 6.45) is -1.44. The van der Waals surface area contributed by atoms with E-state index in [-0.39, 0.29) is 0 Å². The predicted octanol–water partition coefficient (Wildman–Crippen LogP) is 1.16. The van der Waals surface area contributed by atoms with E-state index in [0.29, 0.717) is 0 Å². The number of ether oxygens (including phenoxy) is 2. The first-order chi connectivity index (χ1) is 9.94. The number of carbonyl (C=O) groups excluding carboxylic acids is 2. The van der Waals surface area contributed by atoms with E-state index in [1.54, 1.807) is 0 Å². The van der Waals surface area contributed by atoms with Crippen molar-refractivity contribution in [2.75, 3.05) is 14.2 Å². The molecule has 0 aliphatic heterocycles. The van der Waals surface area contributed by atoms with Gasteiger partial charge in [0.25, 0.3) is 0 Å². The van der Waals surface area contributed by atoms with E-state index in [1.165, 1.54) is 0 Å². The molecule has 0 fully saturated rings. The highest BCUT2D eigenvalue weighted by molar-refractivity contribution is 7.87. The van der Waals surface area contributed by atoms with Gasteiger partial charge in [0.05, 0.1) is 14.2 Å². The van der Waals surface area contributed by atoms with Crippen molar-refractivity contribution in [3.05, 3.63) is 11.6 Å². The third-order valence-electron chi connectivity index (χ3n) is 2.91. The number of rotatable bonds is 4. The van der Waals surface area contributed by atoms with Gasteiger partial charge in [-0.3, -0.25) is 9.59 Å². The van der Waals surface area contributed by atoms with E-state index in [9.17, 15) is 35.6 Å². The minimum Gasteiger partial charge on any atom is -0.468 e. The number of methoxy groups -OCH3 is 2. The van der Waals surface area contributed by atoms with Gasteiger partial charge in [-0.05, 0) is 6.42 Å². The highest BCUT2D eigenvalue weighted by Crippen LogP contribution is 2.47. The number of carbonyl (C=O) groups is 2. The molecule has 0 aromatic rings. The summed E-state index contributed by atoms with van der Waals surface area (Å²) in [5.41, 5.74) is -8.47. The lowest BCUT2D eigenvalue weighted by atomic mass is 9.86. The average molecular weight is 350 g/mol. The normalized spacial score (nSPS) is 18.1. The van der Waals surface area contributed by atoms with Crippen molar-refractivity contribution in [3.8, 4) is 0 Å². The third kappa shape index (κ3) is 2.74. The van der Waals surface area contributed by atoms with Crippen LogP contribution < -0.4 is 0 Å². The lowest BCUT2D eigenvalue weighted by Crippen LogP contribution is -2.40. The molecule has 0 unspecified atom stereocenters. The quantitative estimate of drug-likeness (QED) is 0.247. The van der Waals surface area contributed by atoms with E-state index in [4.69, 9.17) is 0 Å². The molecule has 7 nitrogen and oxygen atoms in total. The van der Waals surface area contributed by atoms with Crippen LogP contribution in [0.2, 0.25) is 0 Å². The SMILES string of the molecule is COC(=O)C1(C(=O)OC)CCC(OS(=O)(=O)C(F)(F)F)=C1F. The van der Waals surface area contributed by atoms with Crippen LogP contribution in [-0.4, -0.2) is 40.1 Å². The van der Waals surface area contributed by atoms with Crippen molar-refractivity contribution in [1.29, 1.82) is 0 Å². The Balaban J connectivity index is 3.33. The number of halogens is 4. The maximum atomic E-state index is 14.2. The van der Waals surface area contributed by atoms with Gasteiger partial charge >= 0.3 is 27.6 Å². The van der Waals surface area contributed by atoms with Gasteiger partial charge in [0.15, 0.2) is 11.6 Å². The molecule has 0 heterocycles. The number of allylic oxidation sites excluding steroid dienone is 1. The molecular weight excluding hydrogens is 340 g/mol. The first kappa shape index (κ1) is 18.2. The Morgan fingerprint density at radius 1 is 1.14 bits per heavy atom. The second-order valence-corrected chi connectivity index (χ2v) is 5.65. The van der Waals surface area contributed by atoms with Crippen molar-refractivity contribution in [1.82, 2.24) is 0 Å². The van der Waals surface area contributed by atoms with Crippen molar-refractivity contribution in [3.63, 3.8) is 0 Å². The summed E-state index contributed by atoms with van der Waals surface area (Å²) in [4.78, 5) is 23.3. The van der Waals surface area contributed by atoms with Crippen molar-refractivity contribution in [2.45, 2.75) is 18.3 Å². The van der Waals surface area contributed by atoms with Crippen LogP contribution in [0.5, 0.6) is 0 Å². The Morgan fingerprint density at radius 2 is 1.59 bits per heavy atom. The maximum absolute atomic E-state index is 14.2. The smallest absolute Gasteiger partial charge is 0.468 e. The molecule has 1 aliphatic rings. The molecule has 0 amide bonds. The van der Waals surface area contributed by atoms with Crippen molar-refractivity contribution in [2.24, 2.45) is 5.41 Å². The summed E-state index contributed by atoms with van der Waals surface area (Å²) < 4.78 is 84.7. The van der Waals surface area contributed by atoms with Gasteiger partial charge in [0, 0.05) is 6.42 Å². The van der Waals surface area contributed by atoms with E-state index in [1.807, 2.05) is 0 Å². The lowest BCUT2D eigenvalue weighted by molar-refractivity contribution is -0.167. The molecule has 0 radical (unpaired) electrons. The minimum atomic E-state index is -6.13. The molecule has 0 saturated heterocycles. The van der Waals surface area contributed by atoms with Crippen LogP contribution in [0, 0.1) is 5.41 Å². The number of hydrogen-bond donors (Lipinski definition) is 0. The minimum absolute atomic E-state index is 0.694. The Hall–Kier alpha value is -1.85. The lowest BCUT2D eigenvalue weighted by Gasteiger charge is -2.21. The zero-order valence-electron chi connectivity index (χ0n) is 11.2. The molecule has 0 N–H and O–H groups in total.